The number of fused-ring (bicyclic) bond motifs is 1. The summed E-state index contributed by atoms with van der Waals surface area (Å²) in [5.41, 5.74) is 4.01. The van der Waals surface area contributed by atoms with Gasteiger partial charge in [-0.1, -0.05) is 25.0 Å². The number of aryl methyl sites for hydroxylation is 1. The number of carboxylic acids is 1. The Morgan fingerprint density at radius 3 is 3.00 bits per heavy atom. The van der Waals surface area contributed by atoms with E-state index in [1.165, 1.54) is 5.70 Å². The molecule has 2 aliphatic rings. The Morgan fingerprint density at radius 2 is 2.21 bits per heavy atom. The first kappa shape index (κ1) is 16.1. The van der Waals surface area contributed by atoms with Gasteiger partial charge in [0.25, 0.3) is 0 Å². The zero-order valence-electron chi connectivity index (χ0n) is 13.9. The van der Waals surface area contributed by atoms with Gasteiger partial charge in [0, 0.05) is 17.5 Å². The van der Waals surface area contributed by atoms with Crippen LogP contribution in [0.15, 0.2) is 46.8 Å². The smallest absolute Gasteiger partial charge is 0.335 e. The van der Waals surface area contributed by atoms with Crippen LogP contribution in [0, 0.1) is 24.7 Å². The van der Waals surface area contributed by atoms with E-state index in [1.807, 2.05) is 18.1 Å². The van der Waals surface area contributed by atoms with Crippen LogP contribution in [0.1, 0.15) is 47.7 Å². The summed E-state index contributed by atoms with van der Waals surface area (Å²) in [5, 5.41) is 15.5. The minimum Gasteiger partial charge on any atom is -0.478 e. The number of aromatic carboxylic acids is 1. The van der Waals surface area contributed by atoms with Crippen LogP contribution in [0.25, 0.3) is 0 Å². The average Bonchev–Trinajstić information content (AvgIpc) is 2.73. The molecule has 1 aromatic rings. The van der Waals surface area contributed by atoms with Crippen molar-refractivity contribution in [1.29, 1.82) is 0 Å². The van der Waals surface area contributed by atoms with Crippen LogP contribution < -0.4 is 0 Å². The first-order chi connectivity index (χ1) is 11.5. The van der Waals surface area contributed by atoms with Crippen LogP contribution in [0.2, 0.25) is 0 Å². The van der Waals surface area contributed by atoms with Gasteiger partial charge in [-0.2, -0.15) is 5.10 Å². The van der Waals surface area contributed by atoms with Crippen molar-refractivity contribution in [3.05, 3.63) is 58.4 Å². The first-order valence-electron chi connectivity index (χ1n) is 8.14. The summed E-state index contributed by atoms with van der Waals surface area (Å²) >= 11 is 0. The van der Waals surface area contributed by atoms with Gasteiger partial charge in [0.05, 0.1) is 5.56 Å². The Kier molecular flexibility index (Phi) is 4.52. The molecule has 1 unspecified atom stereocenters. The maximum absolute atomic E-state index is 11.2. The maximum atomic E-state index is 11.2. The van der Waals surface area contributed by atoms with E-state index >= 15 is 0 Å². The van der Waals surface area contributed by atoms with Crippen LogP contribution in [-0.4, -0.2) is 22.3 Å². The number of carbonyl (C=O) groups is 1. The number of hydrogen-bond acceptors (Lipinski definition) is 3. The van der Waals surface area contributed by atoms with Gasteiger partial charge < -0.3 is 5.11 Å². The fourth-order valence-electron chi connectivity index (χ4n) is 2.78. The van der Waals surface area contributed by atoms with Crippen molar-refractivity contribution in [3.8, 4) is 11.8 Å². The third-order valence-corrected chi connectivity index (χ3v) is 4.20. The number of hydrogen-bond donors (Lipinski definition) is 1. The number of allylic oxidation sites excluding steroid dienone is 4. The van der Waals surface area contributed by atoms with E-state index in [9.17, 15) is 4.79 Å². The summed E-state index contributed by atoms with van der Waals surface area (Å²) in [6.07, 6.45) is 9.21. The predicted molar refractivity (Wildman–Crippen MR) is 94.5 cm³/mol. The highest BCUT2D eigenvalue weighted by molar-refractivity contribution is 5.88. The highest BCUT2D eigenvalue weighted by Crippen LogP contribution is 2.27. The van der Waals surface area contributed by atoms with Crippen molar-refractivity contribution >= 4 is 12.2 Å². The van der Waals surface area contributed by atoms with Crippen molar-refractivity contribution < 1.29 is 9.90 Å². The molecule has 0 spiro atoms. The fourth-order valence-corrected chi connectivity index (χ4v) is 2.78. The van der Waals surface area contributed by atoms with Gasteiger partial charge >= 0.3 is 5.97 Å². The highest BCUT2D eigenvalue weighted by Gasteiger charge is 2.19. The number of benzene rings is 1. The lowest BCUT2D eigenvalue weighted by Crippen LogP contribution is -2.18. The van der Waals surface area contributed by atoms with Crippen molar-refractivity contribution in [3.63, 3.8) is 0 Å². The van der Waals surface area contributed by atoms with Gasteiger partial charge in [0.1, 0.15) is 5.70 Å². The van der Waals surface area contributed by atoms with E-state index < -0.39 is 5.97 Å². The maximum Gasteiger partial charge on any atom is 0.335 e. The van der Waals surface area contributed by atoms with E-state index in [-0.39, 0.29) is 5.56 Å². The quantitative estimate of drug-likeness (QED) is 0.798. The third-order valence-electron chi connectivity index (χ3n) is 4.20. The number of rotatable bonds is 1. The fraction of sp³-hybridized carbons (Fsp3) is 0.300. The zero-order chi connectivity index (χ0) is 17.1. The molecular weight excluding hydrogens is 300 g/mol. The van der Waals surface area contributed by atoms with Gasteiger partial charge in [-0.3, -0.25) is 0 Å². The second-order valence-corrected chi connectivity index (χ2v) is 6.19. The van der Waals surface area contributed by atoms with Crippen LogP contribution in [0.3, 0.4) is 0 Å². The molecule has 0 fully saturated rings. The molecular formula is C20H20N2O2. The number of nitrogens with zero attached hydrogens (tertiary/aromatic N) is 2. The summed E-state index contributed by atoms with van der Waals surface area (Å²) in [6, 6.07) is 5.02. The predicted octanol–water partition coefficient (Wildman–Crippen LogP) is 3.93. The SMILES string of the molecule is Cc1ccc(C(=O)O)cc1C#CC1=CC(C)CC=C2CCC=NN12. The summed E-state index contributed by atoms with van der Waals surface area (Å²) in [4.78, 5) is 11.2. The Hall–Kier alpha value is -2.80. The highest BCUT2D eigenvalue weighted by atomic mass is 16.4. The summed E-state index contributed by atoms with van der Waals surface area (Å²) in [5.74, 6) is 5.80. The van der Waals surface area contributed by atoms with E-state index in [2.05, 4.69) is 36.0 Å². The molecule has 0 amide bonds. The van der Waals surface area contributed by atoms with Crippen molar-refractivity contribution in [2.75, 3.05) is 0 Å². The van der Waals surface area contributed by atoms with Crippen LogP contribution in [0.4, 0.5) is 0 Å². The topological polar surface area (TPSA) is 52.9 Å². The molecule has 4 heteroatoms. The Balaban J connectivity index is 1.98. The molecule has 1 aromatic carbocycles. The van der Waals surface area contributed by atoms with Crippen molar-refractivity contribution in [1.82, 2.24) is 5.01 Å². The molecule has 0 saturated heterocycles. The number of carboxylic acid groups (broad SMARTS) is 1. The molecule has 4 nitrogen and oxygen atoms in total. The molecule has 24 heavy (non-hydrogen) atoms. The van der Waals surface area contributed by atoms with E-state index in [0.29, 0.717) is 5.92 Å². The molecule has 0 radical (unpaired) electrons. The van der Waals surface area contributed by atoms with Crippen LogP contribution in [0.5, 0.6) is 0 Å². The van der Waals surface area contributed by atoms with Gasteiger partial charge in [-0.15, -0.1) is 0 Å². The molecule has 0 saturated carbocycles. The minimum absolute atomic E-state index is 0.254. The zero-order valence-corrected chi connectivity index (χ0v) is 13.9. The Labute approximate surface area is 142 Å². The van der Waals surface area contributed by atoms with Gasteiger partial charge in [-0.25, -0.2) is 9.80 Å². The Morgan fingerprint density at radius 1 is 1.38 bits per heavy atom. The monoisotopic (exact) mass is 320 g/mol. The summed E-state index contributed by atoms with van der Waals surface area (Å²) < 4.78 is 0. The average molecular weight is 320 g/mol. The molecule has 0 aromatic heterocycles. The number of hydrazone groups is 1. The lowest BCUT2D eigenvalue weighted by Gasteiger charge is -2.24. The Bertz CT molecular complexity index is 822. The van der Waals surface area contributed by atoms with Gasteiger partial charge in [0.2, 0.25) is 0 Å². The van der Waals surface area contributed by atoms with Crippen molar-refractivity contribution in [2.45, 2.75) is 33.1 Å². The molecule has 122 valence electrons. The molecule has 2 aliphatic heterocycles. The van der Waals surface area contributed by atoms with Crippen LogP contribution in [-0.2, 0) is 0 Å². The van der Waals surface area contributed by atoms with Gasteiger partial charge in [-0.05, 0) is 61.8 Å². The lowest BCUT2D eigenvalue weighted by atomic mass is 10.0. The first-order valence-corrected chi connectivity index (χ1v) is 8.14. The largest absolute Gasteiger partial charge is 0.478 e. The minimum atomic E-state index is -0.939. The molecule has 1 N–H and O–H groups in total. The molecule has 2 heterocycles. The third kappa shape index (κ3) is 3.41. The second-order valence-electron chi connectivity index (χ2n) is 6.19. The molecule has 0 aliphatic carbocycles. The second kappa shape index (κ2) is 6.76. The van der Waals surface area contributed by atoms with E-state index in [1.54, 1.807) is 18.2 Å². The lowest BCUT2D eigenvalue weighted by molar-refractivity contribution is 0.0697. The normalized spacial score (nSPS) is 19.4. The van der Waals surface area contributed by atoms with E-state index in [0.717, 1.165) is 36.1 Å². The standard InChI is InChI=1S/C20H20N2O2/c1-14-5-9-18-4-3-11-21-22(18)19(12-14)10-8-16-13-17(20(23)24)7-6-15(16)2/h6-7,9,11-14H,3-5H2,1-2H3,(H,23,24). The summed E-state index contributed by atoms with van der Waals surface area (Å²) in [6.45, 7) is 4.10. The van der Waals surface area contributed by atoms with E-state index in [4.69, 9.17) is 5.11 Å². The van der Waals surface area contributed by atoms with Crippen molar-refractivity contribution in [2.24, 2.45) is 11.0 Å². The van der Waals surface area contributed by atoms with Gasteiger partial charge in [0.15, 0.2) is 0 Å². The molecule has 1 atom stereocenters. The summed E-state index contributed by atoms with van der Waals surface area (Å²) in [7, 11) is 0. The molecule has 3 rings (SSSR count). The van der Waals surface area contributed by atoms with Crippen LogP contribution >= 0.6 is 0 Å². The molecule has 0 bridgehead atoms.